The predicted octanol–water partition coefficient (Wildman–Crippen LogP) is 1.41. The molecule has 1 heterocycles. The summed E-state index contributed by atoms with van der Waals surface area (Å²) in [5, 5.41) is 17.9. The highest BCUT2D eigenvalue weighted by Crippen LogP contribution is 2.22. The van der Waals surface area contributed by atoms with Crippen molar-refractivity contribution in [3.63, 3.8) is 0 Å². The quantitative estimate of drug-likeness (QED) is 0.784. The van der Waals surface area contributed by atoms with E-state index < -0.39 is 12.1 Å². The SMILES string of the molecule is O=C(O)C(O)c1ccc2scnc2c1. The van der Waals surface area contributed by atoms with Crippen molar-refractivity contribution in [2.75, 3.05) is 0 Å². The third kappa shape index (κ3) is 1.47. The average Bonchev–Trinajstić information content (AvgIpc) is 2.62. The topological polar surface area (TPSA) is 70.4 Å². The highest BCUT2D eigenvalue weighted by Gasteiger charge is 2.16. The number of carbonyl (C=O) groups is 1. The number of benzene rings is 1. The molecule has 1 atom stereocenters. The number of carboxylic acids is 1. The van der Waals surface area contributed by atoms with Crippen LogP contribution in [0.2, 0.25) is 0 Å². The number of aromatic nitrogens is 1. The molecule has 1 unspecified atom stereocenters. The maximum Gasteiger partial charge on any atom is 0.337 e. The lowest BCUT2D eigenvalue weighted by Crippen LogP contribution is -2.10. The highest BCUT2D eigenvalue weighted by molar-refractivity contribution is 7.16. The smallest absolute Gasteiger partial charge is 0.337 e. The molecule has 0 aliphatic rings. The van der Waals surface area contributed by atoms with Gasteiger partial charge < -0.3 is 10.2 Å². The number of fused-ring (bicyclic) bond motifs is 1. The molecule has 0 radical (unpaired) electrons. The summed E-state index contributed by atoms with van der Waals surface area (Å²) in [6, 6.07) is 4.94. The summed E-state index contributed by atoms with van der Waals surface area (Å²) in [5.41, 5.74) is 2.76. The minimum absolute atomic E-state index is 0.357. The van der Waals surface area contributed by atoms with Crippen LogP contribution in [-0.2, 0) is 4.79 Å². The fourth-order valence-corrected chi connectivity index (χ4v) is 1.85. The molecule has 0 amide bonds. The number of nitrogens with zero attached hydrogens (tertiary/aromatic N) is 1. The van der Waals surface area contributed by atoms with Gasteiger partial charge in [0.05, 0.1) is 15.7 Å². The Morgan fingerprint density at radius 1 is 1.50 bits per heavy atom. The van der Waals surface area contributed by atoms with E-state index in [4.69, 9.17) is 5.11 Å². The van der Waals surface area contributed by atoms with Crippen LogP contribution in [0.4, 0.5) is 0 Å². The first-order chi connectivity index (χ1) is 6.68. The Labute approximate surface area is 83.5 Å². The van der Waals surface area contributed by atoms with Gasteiger partial charge in [0.25, 0.3) is 0 Å². The molecular weight excluding hydrogens is 202 g/mol. The molecule has 14 heavy (non-hydrogen) atoms. The molecule has 4 nitrogen and oxygen atoms in total. The first kappa shape index (κ1) is 9.11. The maximum absolute atomic E-state index is 10.5. The number of carboxylic acid groups (broad SMARTS) is 1. The Morgan fingerprint density at radius 3 is 3.00 bits per heavy atom. The molecule has 0 saturated carbocycles. The van der Waals surface area contributed by atoms with Gasteiger partial charge in [0.2, 0.25) is 0 Å². The van der Waals surface area contributed by atoms with Crippen LogP contribution in [0, 0.1) is 0 Å². The van der Waals surface area contributed by atoms with Crippen LogP contribution in [0.5, 0.6) is 0 Å². The Bertz CT molecular complexity index is 480. The van der Waals surface area contributed by atoms with Gasteiger partial charge in [-0.05, 0) is 17.7 Å². The minimum atomic E-state index is -1.47. The third-order valence-electron chi connectivity index (χ3n) is 1.90. The van der Waals surface area contributed by atoms with Crippen LogP contribution in [0.1, 0.15) is 11.7 Å². The summed E-state index contributed by atoms with van der Waals surface area (Å²) in [6.45, 7) is 0. The molecule has 0 aliphatic carbocycles. The van der Waals surface area contributed by atoms with Gasteiger partial charge in [-0.2, -0.15) is 0 Å². The van der Waals surface area contributed by atoms with E-state index in [2.05, 4.69) is 4.98 Å². The van der Waals surface area contributed by atoms with Crippen molar-refractivity contribution in [1.82, 2.24) is 4.98 Å². The largest absolute Gasteiger partial charge is 0.479 e. The lowest BCUT2D eigenvalue weighted by molar-refractivity contribution is -0.146. The molecule has 0 bridgehead atoms. The van der Waals surface area contributed by atoms with Crippen molar-refractivity contribution in [3.8, 4) is 0 Å². The predicted molar refractivity (Wildman–Crippen MR) is 52.2 cm³/mol. The molecule has 0 aliphatic heterocycles. The number of rotatable bonds is 2. The molecule has 1 aromatic heterocycles. The number of aliphatic hydroxyl groups excluding tert-OH is 1. The summed E-state index contributed by atoms with van der Waals surface area (Å²) >= 11 is 1.48. The molecule has 0 fully saturated rings. The van der Waals surface area contributed by atoms with Gasteiger partial charge >= 0.3 is 5.97 Å². The van der Waals surface area contributed by atoms with Gasteiger partial charge in [0, 0.05) is 0 Å². The van der Waals surface area contributed by atoms with E-state index in [0.29, 0.717) is 11.1 Å². The first-order valence-corrected chi connectivity index (χ1v) is 4.80. The fraction of sp³-hybridized carbons (Fsp3) is 0.111. The first-order valence-electron chi connectivity index (χ1n) is 3.92. The van der Waals surface area contributed by atoms with Crippen molar-refractivity contribution < 1.29 is 15.0 Å². The molecule has 72 valence electrons. The standard InChI is InChI=1S/C9H7NO3S/c11-8(9(12)13)5-1-2-7-6(3-5)10-4-14-7/h1-4,8,11H,(H,12,13). The zero-order valence-corrected chi connectivity index (χ0v) is 7.86. The molecule has 2 aromatic rings. The molecule has 5 heteroatoms. The maximum atomic E-state index is 10.5. The van der Waals surface area contributed by atoms with E-state index in [1.165, 1.54) is 11.3 Å². The third-order valence-corrected chi connectivity index (χ3v) is 2.71. The molecule has 0 spiro atoms. The van der Waals surface area contributed by atoms with E-state index in [1.54, 1.807) is 23.7 Å². The summed E-state index contributed by atoms with van der Waals surface area (Å²) in [4.78, 5) is 14.5. The molecular formula is C9H7NO3S. The second-order valence-corrected chi connectivity index (χ2v) is 3.71. The number of hydrogen-bond donors (Lipinski definition) is 2. The van der Waals surface area contributed by atoms with Crippen LogP contribution in [-0.4, -0.2) is 21.2 Å². The van der Waals surface area contributed by atoms with E-state index in [0.717, 1.165) is 4.70 Å². The van der Waals surface area contributed by atoms with Gasteiger partial charge in [0.15, 0.2) is 6.10 Å². The zero-order valence-electron chi connectivity index (χ0n) is 7.04. The van der Waals surface area contributed by atoms with Crippen LogP contribution in [0.15, 0.2) is 23.7 Å². The summed E-state index contributed by atoms with van der Waals surface area (Å²) in [7, 11) is 0. The van der Waals surface area contributed by atoms with Crippen molar-refractivity contribution in [3.05, 3.63) is 29.3 Å². The van der Waals surface area contributed by atoms with Gasteiger partial charge in [-0.3, -0.25) is 0 Å². The molecule has 2 N–H and O–H groups in total. The Kier molecular flexibility index (Phi) is 2.18. The summed E-state index contributed by atoms with van der Waals surface area (Å²) < 4.78 is 0.978. The average molecular weight is 209 g/mol. The molecule has 1 aromatic carbocycles. The highest BCUT2D eigenvalue weighted by atomic mass is 32.1. The summed E-state index contributed by atoms with van der Waals surface area (Å²) in [6.07, 6.45) is -1.47. The number of aliphatic hydroxyl groups is 1. The van der Waals surface area contributed by atoms with Crippen LogP contribution in [0.25, 0.3) is 10.2 Å². The van der Waals surface area contributed by atoms with Crippen molar-refractivity contribution in [2.45, 2.75) is 6.10 Å². The van der Waals surface area contributed by atoms with Crippen LogP contribution in [0.3, 0.4) is 0 Å². The lowest BCUT2D eigenvalue weighted by Gasteiger charge is -2.04. The van der Waals surface area contributed by atoms with Crippen LogP contribution >= 0.6 is 11.3 Å². The molecule has 0 saturated heterocycles. The van der Waals surface area contributed by atoms with E-state index in [1.807, 2.05) is 0 Å². The number of aliphatic carboxylic acids is 1. The van der Waals surface area contributed by atoms with Gasteiger partial charge in [-0.1, -0.05) is 6.07 Å². The summed E-state index contributed by atoms with van der Waals surface area (Å²) in [5.74, 6) is -1.25. The zero-order chi connectivity index (χ0) is 10.1. The normalized spacial score (nSPS) is 12.9. The monoisotopic (exact) mass is 209 g/mol. The van der Waals surface area contributed by atoms with Crippen molar-refractivity contribution >= 4 is 27.5 Å². The fourth-order valence-electron chi connectivity index (χ4n) is 1.19. The van der Waals surface area contributed by atoms with E-state index in [9.17, 15) is 9.90 Å². The van der Waals surface area contributed by atoms with E-state index in [-0.39, 0.29) is 0 Å². The Hall–Kier alpha value is -1.46. The molecule has 2 rings (SSSR count). The minimum Gasteiger partial charge on any atom is -0.479 e. The van der Waals surface area contributed by atoms with Gasteiger partial charge in [-0.25, -0.2) is 9.78 Å². The Balaban J connectivity index is 2.48. The van der Waals surface area contributed by atoms with Crippen LogP contribution < -0.4 is 0 Å². The second kappa shape index (κ2) is 3.36. The van der Waals surface area contributed by atoms with Gasteiger partial charge in [0.1, 0.15) is 0 Å². The van der Waals surface area contributed by atoms with Gasteiger partial charge in [-0.15, -0.1) is 11.3 Å². The Morgan fingerprint density at radius 2 is 2.29 bits per heavy atom. The van der Waals surface area contributed by atoms with Crippen molar-refractivity contribution in [2.24, 2.45) is 0 Å². The number of hydrogen-bond acceptors (Lipinski definition) is 4. The van der Waals surface area contributed by atoms with Crippen molar-refractivity contribution in [1.29, 1.82) is 0 Å². The lowest BCUT2D eigenvalue weighted by atomic mass is 10.1. The second-order valence-electron chi connectivity index (χ2n) is 2.82. The van der Waals surface area contributed by atoms with E-state index >= 15 is 0 Å². The number of thiazole rings is 1.